The Bertz CT molecular complexity index is 1020. The topological polar surface area (TPSA) is 54.4 Å². The summed E-state index contributed by atoms with van der Waals surface area (Å²) in [6.07, 6.45) is 3.08. The van der Waals surface area contributed by atoms with Crippen LogP contribution < -0.4 is 0 Å². The highest BCUT2D eigenvalue weighted by Gasteiger charge is 2.14. The molecule has 0 saturated heterocycles. The van der Waals surface area contributed by atoms with E-state index < -0.39 is 5.97 Å². The van der Waals surface area contributed by atoms with Gasteiger partial charge in [0, 0.05) is 27.6 Å². The molecule has 1 aromatic heterocycles. The Hall–Kier alpha value is -2.72. The number of thiophene rings is 1. The average Bonchev–Trinajstić information content (AvgIpc) is 3.01. The van der Waals surface area contributed by atoms with Gasteiger partial charge in [0.05, 0.1) is 0 Å². The molecule has 0 atom stereocenters. The molecule has 0 fully saturated rings. The lowest BCUT2D eigenvalue weighted by atomic mass is 9.86. The Balaban J connectivity index is 1.77. The van der Waals surface area contributed by atoms with E-state index in [4.69, 9.17) is 5.11 Å². The number of carbonyl (C=O) groups excluding carboxylic acids is 1. The quantitative estimate of drug-likeness (QED) is 0.456. The van der Waals surface area contributed by atoms with Crippen LogP contribution in [0.5, 0.6) is 0 Å². The highest BCUT2D eigenvalue weighted by Crippen LogP contribution is 2.28. The summed E-state index contributed by atoms with van der Waals surface area (Å²) in [5.74, 6) is -0.868. The molecule has 0 aliphatic heterocycles. The summed E-state index contributed by atoms with van der Waals surface area (Å²) in [6.45, 7) is 6.46. The number of Topliss-reactive ketones (excluding diaryl/α,β-unsaturated/α-hetero) is 1. The second-order valence-corrected chi connectivity index (χ2v) is 8.74. The van der Waals surface area contributed by atoms with Crippen molar-refractivity contribution in [3.8, 4) is 0 Å². The fourth-order valence-electron chi connectivity index (χ4n) is 2.90. The molecule has 27 heavy (non-hydrogen) atoms. The van der Waals surface area contributed by atoms with Crippen molar-refractivity contribution in [1.29, 1.82) is 0 Å². The van der Waals surface area contributed by atoms with Crippen LogP contribution in [0.2, 0.25) is 0 Å². The minimum Gasteiger partial charge on any atom is -0.478 e. The van der Waals surface area contributed by atoms with Crippen LogP contribution in [-0.2, 0) is 16.6 Å². The number of carboxylic acids is 1. The van der Waals surface area contributed by atoms with Crippen molar-refractivity contribution in [3.63, 3.8) is 0 Å². The summed E-state index contributed by atoms with van der Waals surface area (Å²) in [5.41, 5.74) is 2.95. The zero-order valence-corrected chi connectivity index (χ0v) is 16.5. The molecule has 0 bridgehead atoms. The van der Waals surface area contributed by atoms with Crippen LogP contribution in [0.3, 0.4) is 0 Å². The average molecular weight is 378 g/mol. The Kier molecular flexibility index (Phi) is 5.29. The molecule has 2 aromatic carbocycles. The molecular weight excluding hydrogens is 356 g/mol. The maximum absolute atomic E-state index is 12.6. The first-order chi connectivity index (χ1) is 12.7. The lowest BCUT2D eigenvalue weighted by molar-refractivity contribution is -0.131. The number of carbonyl (C=O) groups is 2. The van der Waals surface area contributed by atoms with Crippen LogP contribution in [0.4, 0.5) is 0 Å². The molecule has 3 rings (SSSR count). The van der Waals surface area contributed by atoms with E-state index in [0.29, 0.717) is 6.42 Å². The summed E-state index contributed by atoms with van der Waals surface area (Å²) in [4.78, 5) is 24.2. The first-order valence-electron chi connectivity index (χ1n) is 8.79. The Labute approximate surface area is 163 Å². The number of hydrogen-bond acceptors (Lipinski definition) is 3. The number of aliphatic carboxylic acids is 1. The standard InChI is InChI=1S/C23H22O3S/c1-23(2,3)18-7-5-16(6-8-18)20(24)13-15-4-10-21-17(12-15)14-19(27-21)9-11-22(25)26/h4-12,14H,13H2,1-3H3,(H,25,26)/b11-9+. The van der Waals surface area contributed by atoms with E-state index in [9.17, 15) is 9.59 Å². The van der Waals surface area contributed by atoms with Gasteiger partial charge in [0.25, 0.3) is 0 Å². The molecular formula is C23H22O3S. The third-order valence-corrected chi connectivity index (χ3v) is 5.51. The van der Waals surface area contributed by atoms with E-state index in [2.05, 4.69) is 20.8 Å². The molecule has 1 heterocycles. The second-order valence-electron chi connectivity index (χ2n) is 7.62. The lowest BCUT2D eigenvalue weighted by Crippen LogP contribution is -2.11. The highest BCUT2D eigenvalue weighted by atomic mass is 32.1. The van der Waals surface area contributed by atoms with Crippen molar-refractivity contribution in [2.75, 3.05) is 0 Å². The number of fused-ring (bicyclic) bond motifs is 1. The molecule has 4 heteroatoms. The highest BCUT2D eigenvalue weighted by molar-refractivity contribution is 7.19. The van der Waals surface area contributed by atoms with Crippen LogP contribution in [0, 0.1) is 0 Å². The second kappa shape index (κ2) is 7.49. The van der Waals surface area contributed by atoms with Gasteiger partial charge in [-0.05, 0) is 46.2 Å². The van der Waals surface area contributed by atoms with Crippen molar-refractivity contribution in [2.45, 2.75) is 32.6 Å². The SMILES string of the molecule is CC(C)(C)c1ccc(C(=O)Cc2ccc3sc(/C=C/C(=O)O)cc3c2)cc1. The Morgan fingerprint density at radius 2 is 1.74 bits per heavy atom. The smallest absolute Gasteiger partial charge is 0.328 e. The van der Waals surface area contributed by atoms with E-state index in [0.717, 1.165) is 32.2 Å². The van der Waals surface area contributed by atoms with Gasteiger partial charge >= 0.3 is 5.97 Å². The summed E-state index contributed by atoms with van der Waals surface area (Å²) >= 11 is 1.53. The lowest BCUT2D eigenvalue weighted by Gasteiger charge is -2.19. The van der Waals surface area contributed by atoms with Gasteiger partial charge in [-0.2, -0.15) is 0 Å². The molecule has 138 valence electrons. The molecule has 0 radical (unpaired) electrons. The fourth-order valence-corrected chi connectivity index (χ4v) is 3.85. The van der Waals surface area contributed by atoms with Crippen LogP contribution >= 0.6 is 11.3 Å². The summed E-state index contributed by atoms with van der Waals surface area (Å²) in [6, 6.07) is 15.8. The maximum atomic E-state index is 12.6. The molecule has 0 unspecified atom stereocenters. The zero-order chi connectivity index (χ0) is 19.6. The zero-order valence-electron chi connectivity index (χ0n) is 15.7. The van der Waals surface area contributed by atoms with Gasteiger partial charge in [-0.25, -0.2) is 4.79 Å². The van der Waals surface area contributed by atoms with Crippen molar-refractivity contribution >= 4 is 39.3 Å². The number of hydrogen-bond donors (Lipinski definition) is 1. The van der Waals surface area contributed by atoms with Crippen LogP contribution in [-0.4, -0.2) is 16.9 Å². The summed E-state index contributed by atoms with van der Waals surface area (Å²) in [7, 11) is 0. The van der Waals surface area contributed by atoms with E-state index >= 15 is 0 Å². The summed E-state index contributed by atoms with van der Waals surface area (Å²) in [5, 5.41) is 9.77. The normalized spacial score (nSPS) is 12.0. The van der Waals surface area contributed by atoms with Crippen molar-refractivity contribution < 1.29 is 14.7 Å². The molecule has 0 amide bonds. The molecule has 0 spiro atoms. The van der Waals surface area contributed by atoms with Gasteiger partial charge in [0.2, 0.25) is 0 Å². The van der Waals surface area contributed by atoms with Gasteiger partial charge in [-0.3, -0.25) is 4.79 Å². The number of benzene rings is 2. The molecule has 0 aliphatic rings. The van der Waals surface area contributed by atoms with E-state index in [-0.39, 0.29) is 11.2 Å². The Morgan fingerprint density at radius 3 is 2.37 bits per heavy atom. The minimum absolute atomic E-state index is 0.0678. The van der Waals surface area contributed by atoms with Crippen LogP contribution in [0.15, 0.2) is 54.6 Å². The Morgan fingerprint density at radius 1 is 1.04 bits per heavy atom. The third kappa shape index (κ3) is 4.72. The number of ketones is 1. The van der Waals surface area contributed by atoms with Gasteiger partial charge in [-0.1, -0.05) is 51.1 Å². The van der Waals surface area contributed by atoms with Crippen LogP contribution in [0.25, 0.3) is 16.2 Å². The molecule has 0 saturated carbocycles. The molecule has 1 N–H and O–H groups in total. The first kappa shape index (κ1) is 19.1. The first-order valence-corrected chi connectivity index (χ1v) is 9.61. The van der Waals surface area contributed by atoms with Gasteiger partial charge in [0.15, 0.2) is 5.78 Å². The van der Waals surface area contributed by atoms with Crippen molar-refractivity contribution in [1.82, 2.24) is 0 Å². The van der Waals surface area contributed by atoms with Crippen LogP contribution in [0.1, 0.15) is 47.1 Å². The monoisotopic (exact) mass is 378 g/mol. The van der Waals surface area contributed by atoms with Gasteiger partial charge in [0.1, 0.15) is 0 Å². The maximum Gasteiger partial charge on any atom is 0.328 e. The predicted molar refractivity (Wildman–Crippen MR) is 112 cm³/mol. The molecule has 3 nitrogen and oxygen atoms in total. The largest absolute Gasteiger partial charge is 0.478 e. The molecule has 3 aromatic rings. The molecule has 0 aliphatic carbocycles. The number of carboxylic acid groups (broad SMARTS) is 1. The van der Waals surface area contributed by atoms with Crippen molar-refractivity contribution in [2.24, 2.45) is 0 Å². The summed E-state index contributed by atoms with van der Waals surface area (Å²) < 4.78 is 1.07. The third-order valence-electron chi connectivity index (χ3n) is 4.43. The predicted octanol–water partition coefficient (Wildman–Crippen LogP) is 5.72. The van der Waals surface area contributed by atoms with E-state index in [1.807, 2.05) is 48.5 Å². The fraction of sp³-hybridized carbons (Fsp3) is 0.217. The van der Waals surface area contributed by atoms with E-state index in [1.165, 1.54) is 16.9 Å². The number of rotatable bonds is 5. The van der Waals surface area contributed by atoms with Crippen molar-refractivity contribution in [3.05, 3.63) is 76.2 Å². The van der Waals surface area contributed by atoms with Gasteiger partial charge < -0.3 is 5.11 Å². The van der Waals surface area contributed by atoms with E-state index in [1.54, 1.807) is 6.08 Å². The van der Waals surface area contributed by atoms with Gasteiger partial charge in [-0.15, -0.1) is 11.3 Å². The minimum atomic E-state index is -0.962.